The van der Waals surface area contributed by atoms with E-state index in [4.69, 9.17) is 0 Å². The highest BCUT2D eigenvalue weighted by Crippen LogP contribution is 2.24. The fraction of sp³-hybridized carbons (Fsp3) is 0.222. The zero-order valence-electron chi connectivity index (χ0n) is 7.36. The number of nitrogens with one attached hydrogen (secondary N) is 1. The molecule has 1 N–H and O–H groups in total. The van der Waals surface area contributed by atoms with Gasteiger partial charge in [-0.3, -0.25) is 0 Å². The molecule has 0 radical (unpaired) electrons. The van der Waals surface area contributed by atoms with Crippen molar-refractivity contribution in [3.8, 4) is 0 Å². The largest absolute Gasteiger partial charge is 0.273 e. The van der Waals surface area contributed by atoms with Crippen LogP contribution in [0.2, 0.25) is 0 Å². The van der Waals surface area contributed by atoms with Gasteiger partial charge in [0.25, 0.3) is 3.70 Å². The molecule has 0 aliphatic rings. The van der Waals surface area contributed by atoms with Crippen LogP contribution in [0.4, 0.5) is 0 Å². The smallest absolute Gasteiger partial charge is 0.164 e. The lowest BCUT2D eigenvalue weighted by molar-refractivity contribution is -0.736. The minimum Gasteiger partial charge on any atom is -0.164 e. The van der Waals surface area contributed by atoms with E-state index in [0.29, 0.717) is 0 Å². The Balaban J connectivity index is 2.94. The Morgan fingerprint density at radius 3 is 2.85 bits per heavy atom. The monoisotopic (exact) mass is 351 g/mol. The number of rotatable bonds is 0. The Labute approximate surface area is 98.6 Å². The molecule has 4 heteroatoms. The lowest BCUT2D eigenvalue weighted by atomic mass is 10.2. The average molecular weight is 352 g/mol. The van der Waals surface area contributed by atoms with Crippen LogP contribution in [0.3, 0.4) is 0 Å². The zero-order chi connectivity index (χ0) is 9.59. The average Bonchev–Trinajstić information content (AvgIpc) is 2.32. The van der Waals surface area contributed by atoms with Crippen LogP contribution in [-0.2, 0) is 7.05 Å². The van der Waals surface area contributed by atoms with Crippen molar-refractivity contribution in [1.82, 2.24) is 5.10 Å². The topological polar surface area (TPSA) is 19.7 Å². The lowest BCUT2D eigenvalue weighted by Crippen LogP contribution is -2.32. The third-order valence-electron chi connectivity index (χ3n) is 2.10. The van der Waals surface area contributed by atoms with Gasteiger partial charge in [-0.2, -0.15) is 5.10 Å². The second-order valence-electron chi connectivity index (χ2n) is 3.11. The predicted octanol–water partition coefficient (Wildman–Crippen LogP) is 2.67. The van der Waals surface area contributed by atoms with Crippen molar-refractivity contribution >= 4 is 49.4 Å². The number of aryl methyl sites for hydroxylation is 2. The first-order chi connectivity index (χ1) is 6.09. The van der Waals surface area contributed by atoms with E-state index in [1.54, 1.807) is 0 Å². The van der Waals surface area contributed by atoms with E-state index in [9.17, 15) is 0 Å². The predicted molar refractivity (Wildman–Crippen MR) is 64.6 cm³/mol. The van der Waals surface area contributed by atoms with Gasteiger partial charge in [-0.05, 0) is 24.6 Å². The Kier molecular flexibility index (Phi) is 2.35. The normalized spacial score (nSPS) is 11.1. The first kappa shape index (κ1) is 9.45. The summed E-state index contributed by atoms with van der Waals surface area (Å²) in [6.45, 7) is 2.11. The first-order valence-corrected chi connectivity index (χ1v) is 5.80. The summed E-state index contributed by atoms with van der Waals surface area (Å²) in [4.78, 5) is 0. The molecule has 2 nitrogen and oxygen atoms in total. The summed E-state index contributed by atoms with van der Waals surface area (Å²) in [5, 5.41) is 4.58. The Morgan fingerprint density at radius 1 is 1.46 bits per heavy atom. The summed E-state index contributed by atoms with van der Waals surface area (Å²) in [7, 11) is 2.02. The molecule has 68 valence electrons. The van der Waals surface area contributed by atoms with Crippen LogP contribution in [0, 0.1) is 10.6 Å². The second kappa shape index (κ2) is 3.24. The number of fused-ring (bicyclic) bond motifs is 1. The minimum atomic E-state index is 1.13. The molecule has 0 fully saturated rings. The van der Waals surface area contributed by atoms with Crippen LogP contribution in [0.5, 0.6) is 0 Å². The molecule has 2 rings (SSSR count). The van der Waals surface area contributed by atoms with E-state index < -0.39 is 0 Å². The van der Waals surface area contributed by atoms with Gasteiger partial charge in [-0.25, -0.2) is 0 Å². The summed E-state index contributed by atoms with van der Waals surface area (Å²) in [6, 6.07) is 4.26. The fourth-order valence-corrected chi connectivity index (χ4v) is 2.57. The van der Waals surface area contributed by atoms with Gasteiger partial charge in [0, 0.05) is 27.1 Å². The molecule has 0 bridgehead atoms. The van der Waals surface area contributed by atoms with Gasteiger partial charge in [0.2, 0.25) is 0 Å². The number of aromatic nitrogens is 2. The first-order valence-electron chi connectivity index (χ1n) is 3.93. The quantitative estimate of drug-likeness (QED) is 0.556. The molecule has 0 atom stereocenters. The number of halogens is 2. The lowest BCUT2D eigenvalue weighted by Gasteiger charge is -1.93. The number of aromatic amines is 1. The van der Waals surface area contributed by atoms with Crippen molar-refractivity contribution in [3.05, 3.63) is 25.9 Å². The van der Waals surface area contributed by atoms with Crippen molar-refractivity contribution in [2.24, 2.45) is 7.05 Å². The maximum Gasteiger partial charge on any atom is 0.273 e. The molecule has 1 heterocycles. The van der Waals surface area contributed by atoms with Crippen molar-refractivity contribution in [3.63, 3.8) is 0 Å². The van der Waals surface area contributed by atoms with Gasteiger partial charge in [-0.15, -0.1) is 4.68 Å². The van der Waals surface area contributed by atoms with Gasteiger partial charge in [0.05, 0.1) is 5.39 Å². The van der Waals surface area contributed by atoms with Crippen LogP contribution in [0.1, 0.15) is 5.56 Å². The van der Waals surface area contributed by atoms with E-state index in [1.165, 1.54) is 20.2 Å². The van der Waals surface area contributed by atoms with Crippen molar-refractivity contribution < 1.29 is 4.68 Å². The van der Waals surface area contributed by atoms with E-state index >= 15 is 0 Å². The molecule has 0 aliphatic carbocycles. The Bertz CT molecular complexity index is 476. The van der Waals surface area contributed by atoms with Crippen LogP contribution in [0.25, 0.3) is 10.9 Å². The van der Waals surface area contributed by atoms with Crippen molar-refractivity contribution in [1.29, 1.82) is 0 Å². The molecule has 0 saturated carbocycles. The van der Waals surface area contributed by atoms with Gasteiger partial charge < -0.3 is 0 Å². The Morgan fingerprint density at radius 2 is 2.15 bits per heavy atom. The van der Waals surface area contributed by atoms with Crippen LogP contribution in [-0.4, -0.2) is 5.10 Å². The molecule has 0 saturated heterocycles. The van der Waals surface area contributed by atoms with Crippen LogP contribution < -0.4 is 4.68 Å². The Hall–Kier alpha value is -0.100. The molecule has 0 aliphatic heterocycles. The second-order valence-corrected chi connectivity index (χ2v) is 5.04. The van der Waals surface area contributed by atoms with E-state index in [1.807, 2.05) is 11.7 Å². The van der Waals surface area contributed by atoms with Crippen molar-refractivity contribution in [2.75, 3.05) is 0 Å². The van der Waals surface area contributed by atoms with Gasteiger partial charge >= 0.3 is 0 Å². The van der Waals surface area contributed by atoms with Gasteiger partial charge in [0.15, 0.2) is 7.05 Å². The number of nitrogens with zero attached hydrogens (tertiary/aromatic N) is 1. The van der Waals surface area contributed by atoms with E-state index in [-0.39, 0.29) is 0 Å². The third-order valence-corrected chi connectivity index (χ3v) is 3.86. The standard InChI is InChI=1S/C9H8BrIN2/c1-5-3-6(10)4-7-8(5)12-13(2)9(7)11/h3-4H,1-2H3/p+1. The summed E-state index contributed by atoms with van der Waals surface area (Å²) in [5.74, 6) is 0. The molecule has 1 aromatic heterocycles. The highest BCUT2D eigenvalue weighted by molar-refractivity contribution is 14.1. The molecule has 2 aromatic rings. The van der Waals surface area contributed by atoms with Gasteiger partial charge in [0.1, 0.15) is 5.52 Å². The highest BCUT2D eigenvalue weighted by Gasteiger charge is 2.14. The highest BCUT2D eigenvalue weighted by atomic mass is 127. The molecule has 0 unspecified atom stereocenters. The molecule has 0 amide bonds. The molecular formula is C9H9BrIN2+. The summed E-state index contributed by atoms with van der Waals surface area (Å²) < 4.78 is 4.40. The van der Waals surface area contributed by atoms with E-state index in [0.717, 1.165) is 4.47 Å². The van der Waals surface area contributed by atoms with Gasteiger partial charge in [-0.1, -0.05) is 15.9 Å². The number of hydrogen-bond donors (Lipinski definition) is 1. The zero-order valence-corrected chi connectivity index (χ0v) is 11.1. The maximum atomic E-state index is 3.50. The number of hydrogen-bond acceptors (Lipinski definition) is 0. The molecule has 1 aromatic carbocycles. The summed E-state index contributed by atoms with van der Waals surface area (Å²) in [6.07, 6.45) is 0. The maximum absolute atomic E-state index is 3.50. The molecule has 13 heavy (non-hydrogen) atoms. The summed E-state index contributed by atoms with van der Waals surface area (Å²) in [5.41, 5.74) is 2.48. The molecular weight excluding hydrogens is 343 g/mol. The SMILES string of the molecule is Cc1cc(Br)cc2c(I)[n+](C)[nH]c12. The summed E-state index contributed by atoms with van der Waals surface area (Å²) >= 11 is 5.84. The fourth-order valence-electron chi connectivity index (χ4n) is 1.45. The van der Waals surface area contributed by atoms with Crippen LogP contribution >= 0.6 is 38.5 Å². The number of H-pyrrole nitrogens is 1. The van der Waals surface area contributed by atoms with E-state index in [2.05, 4.69) is 62.7 Å². The van der Waals surface area contributed by atoms with Crippen molar-refractivity contribution in [2.45, 2.75) is 6.92 Å². The number of benzene rings is 1. The van der Waals surface area contributed by atoms with Crippen LogP contribution in [0.15, 0.2) is 16.6 Å². The minimum absolute atomic E-state index is 1.13. The molecule has 0 spiro atoms. The third kappa shape index (κ3) is 1.50.